The number of halogens is 1. The lowest BCUT2D eigenvalue weighted by Gasteiger charge is -2.57. The van der Waals surface area contributed by atoms with Gasteiger partial charge in [-0.2, -0.15) is 0 Å². The van der Waals surface area contributed by atoms with Crippen molar-refractivity contribution in [1.82, 2.24) is 10.2 Å². The summed E-state index contributed by atoms with van der Waals surface area (Å²) in [7, 11) is -3.85. The lowest BCUT2D eigenvalue weighted by atomic mass is 9.48. The third-order valence-electron chi connectivity index (χ3n) is 10.7. The largest absolute Gasteiger partial charge is 0.354 e. The smallest absolute Gasteiger partial charge is 0.244 e. The molecule has 0 saturated heterocycles. The fraction of sp³-hybridized carbons (Fsp3) is 0.487. The summed E-state index contributed by atoms with van der Waals surface area (Å²) in [6, 6.07) is 23.8. The number of hydrogen-bond acceptors (Lipinski definition) is 4. The maximum absolute atomic E-state index is 14.4. The number of anilines is 1. The minimum atomic E-state index is -3.85. The van der Waals surface area contributed by atoms with Crippen molar-refractivity contribution in [2.24, 2.45) is 23.7 Å². The van der Waals surface area contributed by atoms with Gasteiger partial charge in [-0.1, -0.05) is 80.0 Å². The van der Waals surface area contributed by atoms with Gasteiger partial charge in [-0.15, -0.1) is 0 Å². The van der Waals surface area contributed by atoms with Crippen molar-refractivity contribution in [3.05, 3.63) is 101 Å². The van der Waals surface area contributed by atoms with E-state index in [4.69, 9.17) is 11.6 Å². The Morgan fingerprint density at radius 3 is 2.04 bits per heavy atom. The van der Waals surface area contributed by atoms with Crippen molar-refractivity contribution in [2.75, 3.05) is 23.7 Å². The molecule has 4 saturated carbocycles. The molecule has 9 heteroatoms. The van der Waals surface area contributed by atoms with Crippen molar-refractivity contribution in [2.45, 2.75) is 76.8 Å². The van der Waals surface area contributed by atoms with Gasteiger partial charge in [0, 0.05) is 24.5 Å². The monoisotopic (exact) mass is 689 g/mol. The average molecular weight is 690 g/mol. The van der Waals surface area contributed by atoms with Gasteiger partial charge in [0.15, 0.2) is 0 Å². The molecule has 0 aromatic heterocycles. The van der Waals surface area contributed by atoms with Crippen molar-refractivity contribution in [1.29, 1.82) is 0 Å². The lowest BCUT2D eigenvalue weighted by Crippen LogP contribution is -2.53. The Morgan fingerprint density at radius 2 is 1.48 bits per heavy atom. The highest BCUT2D eigenvalue weighted by atomic mass is 35.5. The van der Waals surface area contributed by atoms with Crippen LogP contribution in [0.25, 0.3) is 0 Å². The SMILES string of the molecule is CC(C)CNC(=O)C(Cc1ccccc1)N(Cc1cccc(Cl)c1)C(=O)CN(c1ccc(C23CC4CC(CC(C4)C2)C3)cc1)S(C)(=O)=O. The summed E-state index contributed by atoms with van der Waals surface area (Å²) < 4.78 is 27.8. The van der Waals surface area contributed by atoms with E-state index in [1.54, 1.807) is 18.2 Å². The predicted octanol–water partition coefficient (Wildman–Crippen LogP) is 6.99. The van der Waals surface area contributed by atoms with Crippen LogP contribution in [0.2, 0.25) is 5.02 Å². The number of hydrogen-bond donors (Lipinski definition) is 1. The van der Waals surface area contributed by atoms with E-state index in [2.05, 4.69) is 17.4 Å². The zero-order chi connectivity index (χ0) is 34.1. The Balaban J connectivity index is 1.30. The molecule has 256 valence electrons. The summed E-state index contributed by atoms with van der Waals surface area (Å²) in [6.07, 6.45) is 9.11. The molecule has 1 unspecified atom stereocenters. The van der Waals surface area contributed by atoms with Crippen molar-refractivity contribution >= 4 is 39.1 Å². The molecular weight excluding hydrogens is 642 g/mol. The third-order valence-corrected chi connectivity index (χ3v) is 12.1. The normalized spacial score (nSPS) is 23.6. The topological polar surface area (TPSA) is 86.8 Å². The second kappa shape index (κ2) is 14.2. The summed E-state index contributed by atoms with van der Waals surface area (Å²) in [5, 5.41) is 3.53. The van der Waals surface area contributed by atoms with E-state index in [9.17, 15) is 18.0 Å². The summed E-state index contributed by atoms with van der Waals surface area (Å²) in [6.45, 7) is 4.14. The fourth-order valence-corrected chi connectivity index (χ4v) is 9.93. The first kappa shape index (κ1) is 34.5. The first-order valence-electron chi connectivity index (χ1n) is 17.3. The van der Waals surface area contributed by atoms with Gasteiger partial charge in [-0.3, -0.25) is 13.9 Å². The molecule has 4 fully saturated rings. The second-order valence-electron chi connectivity index (χ2n) is 15.0. The number of nitrogens with zero attached hydrogens (tertiary/aromatic N) is 2. The minimum Gasteiger partial charge on any atom is -0.354 e. The Kier molecular flexibility index (Phi) is 10.2. The molecule has 7 rings (SSSR count). The molecular formula is C39H48ClN3O4S. The average Bonchev–Trinajstić information content (AvgIpc) is 3.03. The fourth-order valence-electron chi connectivity index (χ4n) is 8.87. The molecule has 1 atom stereocenters. The van der Waals surface area contributed by atoms with Crippen LogP contribution in [0.1, 0.15) is 69.1 Å². The molecule has 2 amide bonds. The molecule has 0 aliphatic heterocycles. The van der Waals surface area contributed by atoms with Gasteiger partial charge in [-0.05, 0) is 109 Å². The van der Waals surface area contributed by atoms with Gasteiger partial charge in [-0.25, -0.2) is 8.42 Å². The van der Waals surface area contributed by atoms with E-state index in [0.717, 1.165) is 35.1 Å². The number of amides is 2. The summed E-state index contributed by atoms with van der Waals surface area (Å²) >= 11 is 6.33. The van der Waals surface area contributed by atoms with Gasteiger partial charge in [0.05, 0.1) is 11.9 Å². The van der Waals surface area contributed by atoms with Gasteiger partial charge in [0.2, 0.25) is 21.8 Å². The summed E-state index contributed by atoms with van der Waals surface area (Å²) in [5.41, 5.74) is 3.56. The second-order valence-corrected chi connectivity index (χ2v) is 17.4. The molecule has 4 bridgehead atoms. The van der Waals surface area contributed by atoms with Crippen LogP contribution >= 0.6 is 11.6 Å². The van der Waals surface area contributed by atoms with Crippen LogP contribution < -0.4 is 9.62 Å². The van der Waals surface area contributed by atoms with Crippen LogP contribution in [0.3, 0.4) is 0 Å². The molecule has 0 heterocycles. The third kappa shape index (κ3) is 7.92. The Hall–Kier alpha value is -3.36. The Bertz CT molecular complexity index is 1680. The highest BCUT2D eigenvalue weighted by Gasteiger charge is 2.51. The van der Waals surface area contributed by atoms with E-state index in [-0.39, 0.29) is 30.2 Å². The highest BCUT2D eigenvalue weighted by Crippen LogP contribution is 2.60. The van der Waals surface area contributed by atoms with Crippen molar-refractivity contribution in [3.63, 3.8) is 0 Å². The van der Waals surface area contributed by atoms with Gasteiger partial charge >= 0.3 is 0 Å². The van der Waals surface area contributed by atoms with Gasteiger partial charge in [0.1, 0.15) is 12.6 Å². The minimum absolute atomic E-state index is 0.0918. The molecule has 1 N–H and O–H groups in total. The van der Waals surface area contributed by atoms with Crippen LogP contribution in [0.5, 0.6) is 0 Å². The number of sulfonamides is 1. The molecule has 4 aliphatic carbocycles. The molecule has 0 radical (unpaired) electrons. The van der Waals surface area contributed by atoms with Crippen LogP contribution in [-0.2, 0) is 38.0 Å². The van der Waals surface area contributed by atoms with Crippen LogP contribution in [0.4, 0.5) is 5.69 Å². The standard InChI is InChI=1S/C39H48ClN3O4S/c1-27(2)24-41-38(45)36(20-28-8-5-4-6-9-28)42(25-29-10-7-11-34(40)19-29)37(44)26-43(48(3,46)47)35-14-12-33(13-15-35)39-21-30-16-31(22-39)18-32(17-30)23-39/h4-15,19,27,30-32,36H,16-18,20-26H2,1-3H3,(H,41,45). The lowest BCUT2D eigenvalue weighted by molar-refractivity contribution is -0.140. The quantitative estimate of drug-likeness (QED) is 0.210. The highest BCUT2D eigenvalue weighted by molar-refractivity contribution is 7.92. The molecule has 7 nitrogen and oxygen atoms in total. The summed E-state index contributed by atoms with van der Waals surface area (Å²) in [4.78, 5) is 29.8. The summed E-state index contributed by atoms with van der Waals surface area (Å²) in [5.74, 6) is 1.86. The van der Waals surface area contributed by atoms with E-state index in [1.807, 2.05) is 62.4 Å². The van der Waals surface area contributed by atoms with Crippen molar-refractivity contribution in [3.8, 4) is 0 Å². The van der Waals surface area contributed by atoms with E-state index >= 15 is 0 Å². The number of nitrogens with one attached hydrogen (secondary N) is 1. The number of benzene rings is 3. The molecule has 0 spiro atoms. The Morgan fingerprint density at radius 1 is 0.875 bits per heavy atom. The number of carbonyl (C=O) groups is 2. The van der Waals surface area contributed by atoms with Crippen LogP contribution in [-0.4, -0.2) is 50.5 Å². The number of carbonyl (C=O) groups excluding carboxylic acids is 2. The van der Waals surface area contributed by atoms with E-state index in [0.29, 0.717) is 17.3 Å². The zero-order valence-electron chi connectivity index (χ0n) is 28.3. The Labute approximate surface area is 291 Å². The van der Waals surface area contributed by atoms with E-state index < -0.39 is 28.5 Å². The predicted molar refractivity (Wildman–Crippen MR) is 192 cm³/mol. The van der Waals surface area contributed by atoms with Gasteiger partial charge < -0.3 is 10.2 Å². The van der Waals surface area contributed by atoms with Crippen LogP contribution in [0, 0.1) is 23.7 Å². The van der Waals surface area contributed by atoms with Crippen LogP contribution in [0.15, 0.2) is 78.9 Å². The van der Waals surface area contributed by atoms with Gasteiger partial charge in [0.25, 0.3) is 0 Å². The molecule has 3 aromatic rings. The molecule has 4 aliphatic rings. The van der Waals surface area contributed by atoms with E-state index in [1.165, 1.54) is 53.3 Å². The molecule has 3 aromatic carbocycles. The maximum Gasteiger partial charge on any atom is 0.244 e. The zero-order valence-corrected chi connectivity index (χ0v) is 29.8. The maximum atomic E-state index is 14.4. The first-order chi connectivity index (χ1) is 22.9. The molecule has 48 heavy (non-hydrogen) atoms. The first-order valence-corrected chi connectivity index (χ1v) is 19.5. The number of rotatable bonds is 13. The van der Waals surface area contributed by atoms with Crippen molar-refractivity contribution < 1.29 is 18.0 Å².